The van der Waals surface area contributed by atoms with Crippen LogP contribution >= 0.6 is 0 Å². The molecule has 1 aliphatic rings. The second-order valence-electron chi connectivity index (χ2n) is 6.37. The Labute approximate surface area is 149 Å². The van der Waals surface area contributed by atoms with Crippen molar-refractivity contribution in [3.63, 3.8) is 0 Å². The zero-order valence-corrected chi connectivity index (χ0v) is 14.6. The first-order chi connectivity index (χ1) is 12.3. The number of likely N-dealkylation sites (tertiary alicyclic amines) is 1. The van der Waals surface area contributed by atoms with Gasteiger partial charge in [0.1, 0.15) is 5.75 Å². The summed E-state index contributed by atoms with van der Waals surface area (Å²) in [6, 6.07) is 12.1. The highest BCUT2D eigenvalue weighted by atomic mass is 16.5. The lowest BCUT2D eigenvalue weighted by atomic mass is 10.0. The second kappa shape index (κ2) is 8.62. The maximum absolute atomic E-state index is 12.3. The number of hydrogen-bond donors (Lipinski definition) is 1. The zero-order valence-electron chi connectivity index (χ0n) is 14.6. The first-order valence-corrected chi connectivity index (χ1v) is 8.80. The molecule has 5 nitrogen and oxygen atoms in total. The average molecular weight is 339 g/mol. The third-order valence-electron chi connectivity index (χ3n) is 4.66. The van der Waals surface area contributed by atoms with Crippen LogP contribution in [0.5, 0.6) is 5.75 Å². The molecule has 2 heterocycles. The first-order valence-electron chi connectivity index (χ1n) is 8.80. The number of pyridine rings is 1. The van der Waals surface area contributed by atoms with E-state index >= 15 is 0 Å². The predicted molar refractivity (Wildman–Crippen MR) is 97.5 cm³/mol. The number of amides is 1. The molecule has 5 heteroatoms. The summed E-state index contributed by atoms with van der Waals surface area (Å²) in [5.41, 5.74) is 2.14. The van der Waals surface area contributed by atoms with Crippen LogP contribution in [0.15, 0.2) is 48.8 Å². The van der Waals surface area contributed by atoms with Gasteiger partial charge in [0.25, 0.3) is 0 Å². The van der Waals surface area contributed by atoms with Crippen molar-refractivity contribution in [2.24, 2.45) is 0 Å². The lowest BCUT2D eigenvalue weighted by Crippen LogP contribution is -2.37. The number of rotatable bonds is 7. The number of benzene rings is 1. The average Bonchev–Trinajstić information content (AvgIpc) is 3.18. The van der Waals surface area contributed by atoms with Crippen LogP contribution in [-0.2, 0) is 11.2 Å². The molecule has 0 aliphatic carbocycles. The molecule has 1 amide bonds. The molecule has 1 aromatic heterocycles. The SMILES string of the molecule is COc1ccc(C(CNC(=O)Cc2cccnc2)N2CCCC2)cc1. The van der Waals surface area contributed by atoms with Crippen molar-refractivity contribution in [3.8, 4) is 5.75 Å². The molecule has 0 bridgehead atoms. The Morgan fingerprint density at radius 1 is 1.24 bits per heavy atom. The number of ether oxygens (including phenoxy) is 1. The normalized spacial score (nSPS) is 15.7. The standard InChI is InChI=1S/C20H25N3O2/c1-25-18-8-6-17(7-9-18)19(23-11-2-3-12-23)15-22-20(24)13-16-5-4-10-21-14-16/h4-10,14,19H,2-3,11-13,15H2,1H3,(H,22,24). The summed E-state index contributed by atoms with van der Waals surface area (Å²) in [5, 5.41) is 3.10. The zero-order chi connectivity index (χ0) is 17.5. The van der Waals surface area contributed by atoms with Gasteiger partial charge < -0.3 is 10.1 Å². The van der Waals surface area contributed by atoms with E-state index in [-0.39, 0.29) is 11.9 Å². The van der Waals surface area contributed by atoms with Gasteiger partial charge in [-0.2, -0.15) is 0 Å². The molecule has 1 N–H and O–H groups in total. The van der Waals surface area contributed by atoms with E-state index in [1.54, 1.807) is 19.5 Å². The molecule has 0 radical (unpaired) electrons. The highest BCUT2D eigenvalue weighted by Gasteiger charge is 2.24. The van der Waals surface area contributed by atoms with E-state index in [0.717, 1.165) is 24.4 Å². The van der Waals surface area contributed by atoms with E-state index in [4.69, 9.17) is 4.74 Å². The maximum atomic E-state index is 12.3. The summed E-state index contributed by atoms with van der Waals surface area (Å²) in [6.45, 7) is 2.77. The highest BCUT2D eigenvalue weighted by Crippen LogP contribution is 2.26. The van der Waals surface area contributed by atoms with Gasteiger partial charge in [0.05, 0.1) is 19.6 Å². The topological polar surface area (TPSA) is 54.5 Å². The van der Waals surface area contributed by atoms with Crippen LogP contribution < -0.4 is 10.1 Å². The molecule has 1 atom stereocenters. The lowest BCUT2D eigenvalue weighted by Gasteiger charge is -2.28. The van der Waals surface area contributed by atoms with Crippen molar-refractivity contribution in [2.75, 3.05) is 26.7 Å². The van der Waals surface area contributed by atoms with Crippen LogP contribution in [-0.4, -0.2) is 42.5 Å². The van der Waals surface area contributed by atoms with Gasteiger partial charge in [0.2, 0.25) is 5.91 Å². The summed E-state index contributed by atoms with van der Waals surface area (Å²) in [5.74, 6) is 0.884. The Morgan fingerprint density at radius 2 is 2.00 bits per heavy atom. The maximum Gasteiger partial charge on any atom is 0.224 e. The number of methoxy groups -OCH3 is 1. The fraction of sp³-hybridized carbons (Fsp3) is 0.400. The van der Waals surface area contributed by atoms with Crippen LogP contribution in [0.1, 0.15) is 30.0 Å². The van der Waals surface area contributed by atoms with Gasteiger partial charge in [-0.1, -0.05) is 18.2 Å². The van der Waals surface area contributed by atoms with Crippen molar-refractivity contribution >= 4 is 5.91 Å². The third-order valence-corrected chi connectivity index (χ3v) is 4.66. The van der Waals surface area contributed by atoms with Gasteiger partial charge >= 0.3 is 0 Å². The molecule has 1 aromatic carbocycles. The van der Waals surface area contributed by atoms with Crippen LogP contribution in [0.3, 0.4) is 0 Å². The highest BCUT2D eigenvalue weighted by molar-refractivity contribution is 5.78. The van der Waals surface area contributed by atoms with E-state index in [1.165, 1.54) is 18.4 Å². The molecule has 1 unspecified atom stereocenters. The molecule has 1 fully saturated rings. The monoisotopic (exact) mass is 339 g/mol. The number of nitrogens with zero attached hydrogens (tertiary/aromatic N) is 2. The number of hydrogen-bond acceptors (Lipinski definition) is 4. The molecule has 1 saturated heterocycles. The van der Waals surface area contributed by atoms with E-state index in [9.17, 15) is 4.79 Å². The van der Waals surface area contributed by atoms with Crippen molar-refractivity contribution < 1.29 is 9.53 Å². The Bertz CT molecular complexity index is 667. The summed E-state index contributed by atoms with van der Waals surface area (Å²) in [7, 11) is 1.67. The molecule has 25 heavy (non-hydrogen) atoms. The molecule has 2 aromatic rings. The number of nitrogens with one attached hydrogen (secondary N) is 1. The second-order valence-corrected chi connectivity index (χ2v) is 6.37. The lowest BCUT2D eigenvalue weighted by molar-refractivity contribution is -0.120. The van der Waals surface area contributed by atoms with Gasteiger partial charge in [-0.25, -0.2) is 0 Å². The quantitative estimate of drug-likeness (QED) is 0.842. The fourth-order valence-corrected chi connectivity index (χ4v) is 3.30. The van der Waals surface area contributed by atoms with Gasteiger partial charge in [0.15, 0.2) is 0 Å². The van der Waals surface area contributed by atoms with Crippen LogP contribution in [0, 0.1) is 0 Å². The fourth-order valence-electron chi connectivity index (χ4n) is 3.30. The number of aromatic nitrogens is 1. The van der Waals surface area contributed by atoms with E-state index in [2.05, 4.69) is 27.3 Å². The third kappa shape index (κ3) is 4.79. The van der Waals surface area contributed by atoms with Gasteiger partial charge in [-0.15, -0.1) is 0 Å². The van der Waals surface area contributed by atoms with Gasteiger partial charge in [-0.05, 0) is 55.3 Å². The molecule has 3 rings (SSSR count). The van der Waals surface area contributed by atoms with Crippen molar-refractivity contribution in [1.29, 1.82) is 0 Å². The molecular formula is C20H25N3O2. The predicted octanol–water partition coefficient (Wildman–Crippen LogP) is 2.59. The van der Waals surface area contributed by atoms with Crippen LogP contribution in [0.4, 0.5) is 0 Å². The van der Waals surface area contributed by atoms with Crippen molar-refractivity contribution in [2.45, 2.75) is 25.3 Å². The molecule has 0 saturated carbocycles. The summed E-state index contributed by atoms with van der Waals surface area (Å²) in [6.07, 6.45) is 6.26. The minimum absolute atomic E-state index is 0.0331. The minimum atomic E-state index is 0.0331. The van der Waals surface area contributed by atoms with Crippen LogP contribution in [0.25, 0.3) is 0 Å². The Hall–Kier alpha value is -2.40. The van der Waals surface area contributed by atoms with Gasteiger partial charge in [-0.3, -0.25) is 14.7 Å². The smallest absolute Gasteiger partial charge is 0.224 e. The summed E-state index contributed by atoms with van der Waals surface area (Å²) in [4.78, 5) is 18.8. The van der Waals surface area contributed by atoms with E-state index in [1.807, 2.05) is 24.3 Å². The molecular weight excluding hydrogens is 314 g/mol. The Kier molecular flexibility index (Phi) is 6.01. The molecule has 1 aliphatic heterocycles. The molecule has 132 valence electrons. The van der Waals surface area contributed by atoms with E-state index < -0.39 is 0 Å². The van der Waals surface area contributed by atoms with Crippen LogP contribution in [0.2, 0.25) is 0 Å². The number of carbonyl (C=O) groups excluding carboxylic acids is 1. The molecule has 0 spiro atoms. The largest absolute Gasteiger partial charge is 0.497 e. The summed E-state index contributed by atoms with van der Waals surface area (Å²) < 4.78 is 5.25. The van der Waals surface area contributed by atoms with Crippen molar-refractivity contribution in [1.82, 2.24) is 15.2 Å². The number of carbonyl (C=O) groups is 1. The summed E-state index contributed by atoms with van der Waals surface area (Å²) >= 11 is 0. The van der Waals surface area contributed by atoms with Crippen molar-refractivity contribution in [3.05, 3.63) is 59.9 Å². The van der Waals surface area contributed by atoms with Gasteiger partial charge in [0, 0.05) is 18.9 Å². The first kappa shape index (κ1) is 17.4. The minimum Gasteiger partial charge on any atom is -0.497 e. The Morgan fingerprint density at radius 3 is 2.64 bits per heavy atom. The van der Waals surface area contributed by atoms with E-state index in [0.29, 0.717) is 13.0 Å². The Balaban J connectivity index is 1.64.